The van der Waals surface area contributed by atoms with Crippen LogP contribution >= 0.6 is 0 Å². The summed E-state index contributed by atoms with van der Waals surface area (Å²) in [5.41, 5.74) is -0.891. The molecule has 0 aliphatic carbocycles. The fourth-order valence-corrected chi connectivity index (χ4v) is 1.49. The fourth-order valence-electron chi connectivity index (χ4n) is 1.49. The lowest BCUT2D eigenvalue weighted by molar-refractivity contribution is -0.141. The number of pyridine rings is 1. The smallest absolute Gasteiger partial charge is 0.352 e. The highest BCUT2D eigenvalue weighted by Crippen LogP contribution is 2.27. The number of hydrogen-bond acceptors (Lipinski definition) is 3. The molecule has 0 saturated carbocycles. The van der Waals surface area contributed by atoms with Crippen molar-refractivity contribution in [1.29, 1.82) is 0 Å². The molecule has 106 valence electrons. The summed E-state index contributed by atoms with van der Waals surface area (Å²) >= 11 is 0. The summed E-state index contributed by atoms with van der Waals surface area (Å²) in [5.74, 6) is -0.194. The summed E-state index contributed by atoms with van der Waals surface area (Å²) < 4.78 is 36.9. The Kier molecular flexibility index (Phi) is 5.29. The van der Waals surface area contributed by atoms with Crippen molar-refractivity contribution in [2.45, 2.75) is 13.1 Å². The van der Waals surface area contributed by atoms with Crippen LogP contribution in [0.15, 0.2) is 18.3 Å². The van der Waals surface area contributed by atoms with E-state index in [4.69, 9.17) is 0 Å². The zero-order valence-corrected chi connectivity index (χ0v) is 10.7. The Balaban J connectivity index is 2.59. The summed E-state index contributed by atoms with van der Waals surface area (Å²) in [5, 5.41) is 5.61. The second-order valence-electron chi connectivity index (χ2n) is 4.30. The summed E-state index contributed by atoms with van der Waals surface area (Å²) in [7, 11) is 1.80. The highest BCUT2D eigenvalue weighted by molar-refractivity contribution is 5.93. The van der Waals surface area contributed by atoms with Gasteiger partial charge in [-0.05, 0) is 31.6 Å². The lowest BCUT2D eigenvalue weighted by Crippen LogP contribution is -2.32. The van der Waals surface area contributed by atoms with E-state index in [1.54, 1.807) is 7.05 Å². The molecule has 1 amide bonds. The van der Waals surface area contributed by atoms with Gasteiger partial charge < -0.3 is 10.6 Å². The van der Waals surface area contributed by atoms with Crippen LogP contribution in [0.5, 0.6) is 0 Å². The van der Waals surface area contributed by atoms with Crippen molar-refractivity contribution in [2.75, 3.05) is 20.1 Å². The molecule has 0 spiro atoms. The third-order valence-corrected chi connectivity index (χ3v) is 2.48. The van der Waals surface area contributed by atoms with Crippen LogP contribution in [0.2, 0.25) is 0 Å². The number of alkyl halides is 3. The van der Waals surface area contributed by atoms with Gasteiger partial charge in [-0.15, -0.1) is 0 Å². The molecule has 0 saturated heterocycles. The van der Waals surface area contributed by atoms with Crippen LogP contribution < -0.4 is 10.6 Å². The maximum Gasteiger partial charge on any atom is 0.433 e. The number of amides is 1. The number of carbonyl (C=O) groups excluding carboxylic acids is 1. The number of carbonyl (C=O) groups is 1. The Morgan fingerprint density at radius 2 is 2.05 bits per heavy atom. The van der Waals surface area contributed by atoms with E-state index in [-0.39, 0.29) is 11.5 Å². The van der Waals surface area contributed by atoms with Crippen LogP contribution in [0, 0.1) is 5.92 Å². The molecular weight excluding hydrogens is 259 g/mol. The van der Waals surface area contributed by atoms with Crippen LogP contribution in [0.3, 0.4) is 0 Å². The molecule has 1 unspecified atom stereocenters. The van der Waals surface area contributed by atoms with Crippen molar-refractivity contribution >= 4 is 5.91 Å². The predicted molar refractivity (Wildman–Crippen MR) is 64.7 cm³/mol. The second kappa shape index (κ2) is 6.51. The van der Waals surface area contributed by atoms with Gasteiger partial charge in [0.25, 0.3) is 5.91 Å². The van der Waals surface area contributed by atoms with Gasteiger partial charge in [-0.25, -0.2) is 0 Å². The molecule has 0 aromatic carbocycles. The maximum absolute atomic E-state index is 12.3. The van der Waals surface area contributed by atoms with Gasteiger partial charge in [0.1, 0.15) is 5.69 Å². The Hall–Kier alpha value is -1.63. The van der Waals surface area contributed by atoms with Crippen LogP contribution in [0.4, 0.5) is 13.2 Å². The van der Waals surface area contributed by atoms with Crippen molar-refractivity contribution < 1.29 is 18.0 Å². The third-order valence-electron chi connectivity index (χ3n) is 2.48. The highest BCUT2D eigenvalue weighted by Gasteiger charge is 2.32. The normalized spacial score (nSPS) is 13.1. The molecule has 1 heterocycles. The number of halogens is 3. The quantitative estimate of drug-likeness (QED) is 0.859. The SMILES string of the molecule is CNCC(C)CNC(=O)c1ccc(C(F)(F)F)nc1. The average Bonchev–Trinajstić information content (AvgIpc) is 2.35. The van der Waals surface area contributed by atoms with E-state index < -0.39 is 17.8 Å². The summed E-state index contributed by atoms with van der Waals surface area (Å²) in [6.45, 7) is 3.13. The zero-order chi connectivity index (χ0) is 14.5. The van der Waals surface area contributed by atoms with E-state index in [1.807, 2.05) is 6.92 Å². The largest absolute Gasteiger partial charge is 0.433 e. The Labute approximate surface area is 109 Å². The standard InChI is InChI=1S/C12H16F3N3O/c1-8(5-16-2)6-18-11(19)9-3-4-10(17-7-9)12(13,14)15/h3-4,7-8,16H,5-6H2,1-2H3,(H,18,19). The predicted octanol–water partition coefficient (Wildman–Crippen LogP) is 1.69. The average molecular weight is 275 g/mol. The number of rotatable bonds is 5. The van der Waals surface area contributed by atoms with Gasteiger partial charge in [-0.2, -0.15) is 13.2 Å². The molecule has 0 radical (unpaired) electrons. The Morgan fingerprint density at radius 3 is 2.53 bits per heavy atom. The summed E-state index contributed by atoms with van der Waals surface area (Å²) in [6.07, 6.45) is -3.56. The van der Waals surface area contributed by atoms with Crippen molar-refractivity contribution in [3.05, 3.63) is 29.6 Å². The monoisotopic (exact) mass is 275 g/mol. The number of nitrogens with zero attached hydrogens (tertiary/aromatic N) is 1. The lowest BCUT2D eigenvalue weighted by atomic mass is 10.1. The molecule has 1 rings (SSSR count). The first kappa shape index (κ1) is 15.4. The molecule has 7 heteroatoms. The number of hydrogen-bond donors (Lipinski definition) is 2. The van der Waals surface area contributed by atoms with E-state index in [0.717, 1.165) is 24.9 Å². The minimum absolute atomic E-state index is 0.115. The molecule has 0 bridgehead atoms. The van der Waals surface area contributed by atoms with Gasteiger partial charge in [-0.1, -0.05) is 6.92 Å². The topological polar surface area (TPSA) is 54.0 Å². The van der Waals surface area contributed by atoms with Crippen molar-refractivity contribution in [3.63, 3.8) is 0 Å². The molecule has 0 aliphatic heterocycles. The van der Waals surface area contributed by atoms with Crippen molar-refractivity contribution in [3.8, 4) is 0 Å². The van der Waals surface area contributed by atoms with E-state index in [0.29, 0.717) is 6.54 Å². The molecule has 19 heavy (non-hydrogen) atoms. The first-order valence-corrected chi connectivity index (χ1v) is 5.80. The van der Waals surface area contributed by atoms with Crippen LogP contribution in [0.25, 0.3) is 0 Å². The lowest BCUT2D eigenvalue weighted by Gasteiger charge is -2.12. The molecule has 0 aliphatic rings. The van der Waals surface area contributed by atoms with Crippen LogP contribution in [0.1, 0.15) is 23.0 Å². The summed E-state index contributed by atoms with van der Waals surface area (Å²) in [4.78, 5) is 14.9. The number of aromatic nitrogens is 1. The minimum Gasteiger partial charge on any atom is -0.352 e. The minimum atomic E-state index is -4.49. The van der Waals surface area contributed by atoms with Crippen molar-refractivity contribution in [2.24, 2.45) is 5.92 Å². The first-order chi connectivity index (χ1) is 8.84. The van der Waals surface area contributed by atoms with E-state index in [2.05, 4.69) is 15.6 Å². The molecule has 1 atom stereocenters. The molecular formula is C12H16F3N3O. The van der Waals surface area contributed by atoms with Gasteiger partial charge in [0.15, 0.2) is 0 Å². The second-order valence-corrected chi connectivity index (χ2v) is 4.30. The van der Waals surface area contributed by atoms with Gasteiger partial charge in [0.2, 0.25) is 0 Å². The first-order valence-electron chi connectivity index (χ1n) is 5.80. The van der Waals surface area contributed by atoms with E-state index >= 15 is 0 Å². The zero-order valence-electron chi connectivity index (χ0n) is 10.7. The fraction of sp³-hybridized carbons (Fsp3) is 0.500. The Bertz CT molecular complexity index is 417. The molecule has 1 aromatic rings. The van der Waals surface area contributed by atoms with Gasteiger partial charge in [0, 0.05) is 12.7 Å². The van der Waals surface area contributed by atoms with Crippen LogP contribution in [-0.4, -0.2) is 31.0 Å². The molecule has 4 nitrogen and oxygen atoms in total. The van der Waals surface area contributed by atoms with Gasteiger partial charge in [-0.3, -0.25) is 9.78 Å². The van der Waals surface area contributed by atoms with Crippen LogP contribution in [-0.2, 0) is 6.18 Å². The summed E-state index contributed by atoms with van der Waals surface area (Å²) in [6, 6.07) is 1.92. The number of nitrogens with one attached hydrogen (secondary N) is 2. The van der Waals surface area contributed by atoms with E-state index in [1.165, 1.54) is 0 Å². The third kappa shape index (κ3) is 4.86. The van der Waals surface area contributed by atoms with Gasteiger partial charge >= 0.3 is 6.18 Å². The Morgan fingerprint density at radius 1 is 1.37 bits per heavy atom. The molecule has 0 fully saturated rings. The van der Waals surface area contributed by atoms with Crippen molar-refractivity contribution in [1.82, 2.24) is 15.6 Å². The molecule has 2 N–H and O–H groups in total. The van der Waals surface area contributed by atoms with Gasteiger partial charge in [0.05, 0.1) is 5.56 Å². The molecule has 1 aromatic heterocycles. The highest BCUT2D eigenvalue weighted by atomic mass is 19.4. The maximum atomic E-state index is 12.3. The van der Waals surface area contributed by atoms with E-state index in [9.17, 15) is 18.0 Å².